The van der Waals surface area contributed by atoms with Gasteiger partial charge in [0.05, 0.1) is 11.1 Å². The van der Waals surface area contributed by atoms with Crippen molar-refractivity contribution in [2.24, 2.45) is 10.8 Å². The molecule has 0 amide bonds. The van der Waals surface area contributed by atoms with Gasteiger partial charge in [-0.3, -0.25) is 0 Å². The van der Waals surface area contributed by atoms with Crippen molar-refractivity contribution in [1.29, 1.82) is 21.0 Å². The molecule has 0 saturated heterocycles. The van der Waals surface area contributed by atoms with Gasteiger partial charge in [0.25, 0.3) is 0 Å². The van der Waals surface area contributed by atoms with Crippen LogP contribution < -0.4 is 10.6 Å². The zero-order valence-electron chi connectivity index (χ0n) is 21.6. The molecule has 0 aromatic heterocycles. The van der Waals surface area contributed by atoms with Crippen LogP contribution in [0, 0.1) is 56.2 Å². The first-order valence-electron chi connectivity index (χ1n) is 12.3. The largest absolute Gasteiger partial charge is 0.387 e. The molecule has 0 fully saturated rings. The Kier molecular flexibility index (Phi) is 10.5. The number of rotatable bonds is 9. The predicted molar refractivity (Wildman–Crippen MR) is 143 cm³/mol. The van der Waals surface area contributed by atoms with Gasteiger partial charge in [0.15, 0.2) is 0 Å². The second-order valence-electron chi connectivity index (χ2n) is 11.0. The number of hydrogen-bond donors (Lipinski definition) is 2. The Morgan fingerprint density at radius 2 is 1.03 bits per heavy atom. The minimum atomic E-state index is -0.0716. The van der Waals surface area contributed by atoms with Gasteiger partial charge in [-0.15, -0.1) is 0 Å². The summed E-state index contributed by atoms with van der Waals surface area (Å²) in [6.45, 7) is 9.96. The highest BCUT2D eigenvalue weighted by Crippen LogP contribution is 2.43. The molecule has 0 atom stereocenters. The SMILES string of the molecule is CC1(C)CC(NCCCCCCNC2=C(C#N)/C(=C(/Cl)C#N)CC(C)(C)C2)=C(C#N)/C(=C(/Cl)C#N)C1. The van der Waals surface area contributed by atoms with Crippen LogP contribution in [0.4, 0.5) is 0 Å². The zero-order chi connectivity index (χ0) is 26.9. The number of allylic oxidation sites excluding steroid dienone is 8. The Morgan fingerprint density at radius 3 is 1.33 bits per heavy atom. The van der Waals surface area contributed by atoms with Crippen LogP contribution in [0.2, 0.25) is 0 Å². The molecule has 8 heteroatoms. The lowest BCUT2D eigenvalue weighted by atomic mass is 9.74. The third-order valence-electron chi connectivity index (χ3n) is 6.56. The van der Waals surface area contributed by atoms with Crippen LogP contribution in [0.25, 0.3) is 0 Å². The predicted octanol–water partition coefficient (Wildman–Crippen LogP) is 6.95. The topological polar surface area (TPSA) is 119 Å². The Balaban J connectivity index is 1.87. The summed E-state index contributed by atoms with van der Waals surface area (Å²) < 4.78 is 0. The molecule has 190 valence electrons. The number of nitriles is 4. The smallest absolute Gasteiger partial charge is 0.122 e. The van der Waals surface area contributed by atoms with Crippen LogP contribution in [-0.4, -0.2) is 13.1 Å². The van der Waals surface area contributed by atoms with Gasteiger partial charge >= 0.3 is 0 Å². The minimum Gasteiger partial charge on any atom is -0.387 e. The van der Waals surface area contributed by atoms with Gasteiger partial charge in [-0.1, -0.05) is 63.7 Å². The van der Waals surface area contributed by atoms with E-state index < -0.39 is 0 Å². The van der Waals surface area contributed by atoms with E-state index >= 15 is 0 Å². The van der Waals surface area contributed by atoms with Crippen molar-refractivity contribution in [1.82, 2.24) is 10.6 Å². The van der Waals surface area contributed by atoms with Gasteiger partial charge < -0.3 is 10.6 Å². The maximum atomic E-state index is 9.68. The van der Waals surface area contributed by atoms with Gasteiger partial charge in [-0.2, -0.15) is 21.0 Å². The number of hydrogen-bond acceptors (Lipinski definition) is 6. The molecule has 0 saturated carbocycles. The van der Waals surface area contributed by atoms with Crippen molar-refractivity contribution in [2.45, 2.75) is 79.1 Å². The molecule has 2 aliphatic rings. The summed E-state index contributed by atoms with van der Waals surface area (Å²) in [5.41, 5.74) is 3.88. The molecule has 6 nitrogen and oxygen atoms in total. The first-order chi connectivity index (χ1) is 17.0. The number of unbranched alkanes of at least 4 members (excludes halogenated alkanes) is 3. The maximum absolute atomic E-state index is 9.68. The Bertz CT molecular complexity index is 1060. The van der Waals surface area contributed by atoms with Gasteiger partial charge in [0.2, 0.25) is 0 Å². The summed E-state index contributed by atoms with van der Waals surface area (Å²) in [4.78, 5) is 0. The van der Waals surface area contributed by atoms with E-state index in [1.165, 1.54) is 0 Å². The number of halogens is 2. The summed E-state index contributed by atoms with van der Waals surface area (Å²) in [7, 11) is 0. The van der Waals surface area contributed by atoms with Gasteiger partial charge in [0.1, 0.15) is 34.3 Å². The van der Waals surface area contributed by atoms with Gasteiger partial charge in [-0.05, 0) is 49.4 Å². The second-order valence-corrected chi connectivity index (χ2v) is 11.8. The molecular formula is C28H34Cl2N6. The average Bonchev–Trinajstić information content (AvgIpc) is 2.82. The van der Waals surface area contributed by atoms with E-state index in [1.807, 2.05) is 12.1 Å². The van der Waals surface area contributed by atoms with Crippen molar-refractivity contribution in [3.63, 3.8) is 0 Å². The number of nitrogens with one attached hydrogen (secondary N) is 2. The maximum Gasteiger partial charge on any atom is 0.122 e. The minimum absolute atomic E-state index is 0.0716. The normalized spacial score (nSPS) is 21.5. The fourth-order valence-corrected chi connectivity index (χ4v) is 5.24. The summed E-state index contributed by atoms with van der Waals surface area (Å²) in [5, 5.41) is 44.8. The van der Waals surface area contributed by atoms with Crippen molar-refractivity contribution in [3.8, 4) is 24.3 Å². The van der Waals surface area contributed by atoms with Crippen molar-refractivity contribution in [3.05, 3.63) is 43.8 Å². The molecule has 0 unspecified atom stereocenters. The van der Waals surface area contributed by atoms with Crippen LogP contribution in [0.3, 0.4) is 0 Å². The number of nitrogens with zero attached hydrogens (tertiary/aromatic N) is 4. The van der Waals surface area contributed by atoms with Crippen LogP contribution >= 0.6 is 23.2 Å². The summed E-state index contributed by atoms with van der Waals surface area (Å²) in [5.74, 6) is 0. The molecule has 0 spiro atoms. The molecular weight excluding hydrogens is 491 g/mol. The molecule has 0 aliphatic heterocycles. The van der Waals surface area contributed by atoms with Gasteiger partial charge in [0, 0.05) is 35.6 Å². The standard InChI is InChI=1S/C28H34Cl2N6/c1-27(2)11-19(23(29)17-33)21(15-31)25(13-27)35-9-7-5-6-8-10-36-26-14-28(3,4)12-20(22(26)16-32)24(30)18-34/h35-36H,5-14H2,1-4H3/b23-19+,24-20+. The lowest BCUT2D eigenvalue weighted by molar-refractivity contribution is 0.337. The lowest BCUT2D eigenvalue weighted by Crippen LogP contribution is -2.28. The van der Waals surface area contributed by atoms with Crippen molar-refractivity contribution >= 4 is 23.2 Å². The average molecular weight is 526 g/mol. The first-order valence-corrected chi connectivity index (χ1v) is 13.1. The van der Waals surface area contributed by atoms with E-state index in [9.17, 15) is 21.0 Å². The summed E-state index contributed by atoms with van der Waals surface area (Å²) in [6.07, 6.45) is 6.68. The zero-order valence-corrected chi connectivity index (χ0v) is 23.1. The van der Waals surface area contributed by atoms with E-state index in [0.717, 1.165) is 63.0 Å². The lowest BCUT2D eigenvalue weighted by Gasteiger charge is -2.33. The fourth-order valence-electron chi connectivity index (χ4n) is 4.92. The third kappa shape index (κ3) is 7.80. The van der Waals surface area contributed by atoms with Gasteiger partial charge in [-0.25, -0.2) is 0 Å². The highest BCUT2D eigenvalue weighted by Gasteiger charge is 2.33. The third-order valence-corrected chi connectivity index (χ3v) is 7.18. The summed E-state index contributed by atoms with van der Waals surface area (Å²) >= 11 is 12.2. The molecule has 0 aromatic rings. The molecule has 0 radical (unpaired) electrons. The highest BCUT2D eigenvalue weighted by molar-refractivity contribution is 6.33. The fraction of sp³-hybridized carbons (Fsp3) is 0.571. The summed E-state index contributed by atoms with van der Waals surface area (Å²) in [6, 6.07) is 8.45. The van der Waals surface area contributed by atoms with E-state index in [1.54, 1.807) is 0 Å². The molecule has 0 aromatic carbocycles. The quantitative estimate of drug-likeness (QED) is 0.248. The first kappa shape index (κ1) is 29.3. The highest BCUT2D eigenvalue weighted by atomic mass is 35.5. The molecule has 0 heterocycles. The van der Waals surface area contributed by atoms with Crippen molar-refractivity contribution < 1.29 is 0 Å². The molecule has 2 N–H and O–H groups in total. The molecule has 2 aliphatic carbocycles. The van der Waals surface area contributed by atoms with Crippen molar-refractivity contribution in [2.75, 3.05) is 13.1 Å². The van der Waals surface area contributed by atoms with E-state index in [2.05, 4.69) is 50.5 Å². The van der Waals surface area contributed by atoms with Crippen LogP contribution in [0.5, 0.6) is 0 Å². The Morgan fingerprint density at radius 1 is 0.667 bits per heavy atom. The van der Waals surface area contributed by atoms with E-state index in [0.29, 0.717) is 35.1 Å². The monoisotopic (exact) mass is 524 g/mol. The van der Waals surface area contributed by atoms with Crippen LogP contribution in [0.1, 0.15) is 79.1 Å². The van der Waals surface area contributed by atoms with Crippen LogP contribution in [0.15, 0.2) is 43.8 Å². The molecule has 36 heavy (non-hydrogen) atoms. The molecule has 2 rings (SSSR count). The molecule has 0 bridgehead atoms. The van der Waals surface area contributed by atoms with E-state index in [-0.39, 0.29) is 20.9 Å². The van der Waals surface area contributed by atoms with Crippen LogP contribution in [-0.2, 0) is 0 Å². The second kappa shape index (κ2) is 12.9. The van der Waals surface area contributed by atoms with E-state index in [4.69, 9.17) is 23.2 Å². The Hall–Kier alpha value is -2.90. The Labute approximate surface area is 225 Å².